The van der Waals surface area contributed by atoms with Crippen LogP contribution >= 0.6 is 11.6 Å². The lowest BCUT2D eigenvalue weighted by Gasteiger charge is -2.07. The summed E-state index contributed by atoms with van der Waals surface area (Å²) in [6.45, 7) is 3.71. The molecule has 2 aromatic carbocycles. The molecule has 0 fully saturated rings. The van der Waals surface area contributed by atoms with Gasteiger partial charge in [0.2, 0.25) is 0 Å². The van der Waals surface area contributed by atoms with Crippen molar-refractivity contribution in [3.8, 4) is 0 Å². The second-order valence-corrected chi connectivity index (χ2v) is 4.90. The zero-order valence-corrected chi connectivity index (χ0v) is 11.7. The molecule has 0 heterocycles. The third-order valence-corrected chi connectivity index (χ3v) is 3.14. The lowest BCUT2D eigenvalue weighted by Crippen LogP contribution is -2.26. The van der Waals surface area contributed by atoms with E-state index in [9.17, 15) is 0 Å². The standard InChI is InChI=1S/C16H19ClN2/c17-16-8-6-15(7-9-16)13-19-11-10-18-12-14-4-2-1-3-5-14/h1-9,18-19H,10-13H2. The third-order valence-electron chi connectivity index (χ3n) is 2.89. The summed E-state index contributed by atoms with van der Waals surface area (Å²) in [7, 11) is 0. The van der Waals surface area contributed by atoms with Gasteiger partial charge in [0.05, 0.1) is 0 Å². The average Bonchev–Trinajstić information content (AvgIpc) is 2.46. The highest BCUT2D eigenvalue weighted by Gasteiger charge is 1.93. The van der Waals surface area contributed by atoms with E-state index in [4.69, 9.17) is 11.6 Å². The van der Waals surface area contributed by atoms with Crippen LogP contribution in [0.2, 0.25) is 5.02 Å². The van der Waals surface area contributed by atoms with E-state index >= 15 is 0 Å². The Morgan fingerprint density at radius 2 is 1.21 bits per heavy atom. The maximum atomic E-state index is 5.84. The Hall–Kier alpha value is -1.35. The topological polar surface area (TPSA) is 24.1 Å². The van der Waals surface area contributed by atoms with Crippen molar-refractivity contribution >= 4 is 11.6 Å². The number of nitrogens with one attached hydrogen (secondary N) is 2. The van der Waals surface area contributed by atoms with Crippen LogP contribution in [0.25, 0.3) is 0 Å². The van der Waals surface area contributed by atoms with Crippen LogP contribution in [-0.4, -0.2) is 13.1 Å². The Labute approximate surface area is 119 Å². The predicted molar refractivity (Wildman–Crippen MR) is 81.3 cm³/mol. The maximum absolute atomic E-state index is 5.84. The van der Waals surface area contributed by atoms with Gasteiger partial charge in [-0.05, 0) is 23.3 Å². The minimum absolute atomic E-state index is 0.785. The summed E-state index contributed by atoms with van der Waals surface area (Å²) >= 11 is 5.84. The van der Waals surface area contributed by atoms with Crippen LogP contribution in [-0.2, 0) is 13.1 Å². The van der Waals surface area contributed by atoms with Crippen LogP contribution in [0.15, 0.2) is 54.6 Å². The number of rotatable bonds is 7. The van der Waals surface area contributed by atoms with Crippen molar-refractivity contribution in [3.05, 3.63) is 70.7 Å². The van der Waals surface area contributed by atoms with Crippen LogP contribution < -0.4 is 10.6 Å². The van der Waals surface area contributed by atoms with E-state index in [0.717, 1.165) is 31.2 Å². The predicted octanol–water partition coefficient (Wildman–Crippen LogP) is 3.22. The van der Waals surface area contributed by atoms with Gasteiger partial charge in [-0.1, -0.05) is 54.1 Å². The normalized spacial score (nSPS) is 10.6. The maximum Gasteiger partial charge on any atom is 0.0406 e. The molecule has 0 aliphatic carbocycles. The van der Waals surface area contributed by atoms with Gasteiger partial charge in [0.1, 0.15) is 0 Å². The Bertz CT molecular complexity index is 468. The van der Waals surface area contributed by atoms with Gasteiger partial charge in [0.25, 0.3) is 0 Å². The van der Waals surface area contributed by atoms with Gasteiger partial charge in [0, 0.05) is 31.2 Å². The van der Waals surface area contributed by atoms with Crippen molar-refractivity contribution in [2.24, 2.45) is 0 Å². The lowest BCUT2D eigenvalue weighted by atomic mass is 10.2. The minimum atomic E-state index is 0.785. The van der Waals surface area contributed by atoms with E-state index in [0.29, 0.717) is 0 Å². The fourth-order valence-corrected chi connectivity index (χ4v) is 1.97. The van der Waals surface area contributed by atoms with Gasteiger partial charge in [-0.3, -0.25) is 0 Å². The Kier molecular flexibility index (Phi) is 5.89. The van der Waals surface area contributed by atoms with Crippen LogP contribution in [0.5, 0.6) is 0 Å². The SMILES string of the molecule is Clc1ccc(CNCCNCc2ccccc2)cc1. The molecule has 0 bridgehead atoms. The fraction of sp³-hybridized carbons (Fsp3) is 0.250. The van der Waals surface area contributed by atoms with E-state index in [-0.39, 0.29) is 0 Å². The van der Waals surface area contributed by atoms with Crippen LogP contribution in [0.1, 0.15) is 11.1 Å². The molecule has 2 N–H and O–H groups in total. The fourth-order valence-electron chi connectivity index (χ4n) is 1.84. The van der Waals surface area contributed by atoms with Crippen molar-refractivity contribution < 1.29 is 0 Å². The van der Waals surface area contributed by atoms with Gasteiger partial charge >= 0.3 is 0 Å². The summed E-state index contributed by atoms with van der Waals surface area (Å²) in [5, 5.41) is 7.60. The molecule has 2 aromatic rings. The summed E-state index contributed by atoms with van der Waals surface area (Å²) in [5.41, 5.74) is 2.58. The van der Waals surface area contributed by atoms with Crippen molar-refractivity contribution in [1.82, 2.24) is 10.6 Å². The molecular weight excluding hydrogens is 256 g/mol. The molecule has 0 aliphatic rings. The van der Waals surface area contributed by atoms with Crippen molar-refractivity contribution in [2.75, 3.05) is 13.1 Å². The molecule has 2 rings (SSSR count). The molecule has 0 aromatic heterocycles. The molecule has 0 spiro atoms. The van der Waals surface area contributed by atoms with Gasteiger partial charge in [-0.2, -0.15) is 0 Å². The number of benzene rings is 2. The Morgan fingerprint density at radius 3 is 1.79 bits per heavy atom. The van der Waals surface area contributed by atoms with Gasteiger partial charge in [0.15, 0.2) is 0 Å². The third kappa shape index (κ3) is 5.43. The summed E-state index contributed by atoms with van der Waals surface area (Å²) in [6, 6.07) is 18.4. The number of hydrogen-bond donors (Lipinski definition) is 2. The second-order valence-electron chi connectivity index (χ2n) is 4.47. The molecule has 3 heteroatoms. The van der Waals surface area contributed by atoms with E-state index in [2.05, 4.69) is 34.9 Å². The zero-order chi connectivity index (χ0) is 13.3. The van der Waals surface area contributed by atoms with Crippen LogP contribution in [0, 0.1) is 0 Å². The van der Waals surface area contributed by atoms with E-state index in [1.54, 1.807) is 0 Å². The number of hydrogen-bond acceptors (Lipinski definition) is 2. The van der Waals surface area contributed by atoms with Crippen molar-refractivity contribution in [3.63, 3.8) is 0 Å². The van der Waals surface area contributed by atoms with Gasteiger partial charge in [-0.15, -0.1) is 0 Å². The summed E-state index contributed by atoms with van der Waals surface area (Å²) in [5.74, 6) is 0. The number of halogens is 1. The van der Waals surface area contributed by atoms with Gasteiger partial charge < -0.3 is 10.6 Å². The average molecular weight is 275 g/mol. The smallest absolute Gasteiger partial charge is 0.0406 e. The highest BCUT2D eigenvalue weighted by molar-refractivity contribution is 6.30. The van der Waals surface area contributed by atoms with Gasteiger partial charge in [-0.25, -0.2) is 0 Å². The van der Waals surface area contributed by atoms with Crippen molar-refractivity contribution in [1.29, 1.82) is 0 Å². The molecular formula is C16H19ClN2. The molecule has 100 valence electrons. The molecule has 2 nitrogen and oxygen atoms in total. The first-order valence-corrected chi connectivity index (χ1v) is 6.92. The Balaban J connectivity index is 1.56. The van der Waals surface area contributed by atoms with Crippen LogP contribution in [0.3, 0.4) is 0 Å². The molecule has 0 saturated carbocycles. The first-order valence-electron chi connectivity index (χ1n) is 6.54. The highest BCUT2D eigenvalue weighted by Crippen LogP contribution is 2.08. The highest BCUT2D eigenvalue weighted by atomic mass is 35.5. The first kappa shape index (κ1) is 14.1. The lowest BCUT2D eigenvalue weighted by molar-refractivity contribution is 0.611. The molecule has 0 unspecified atom stereocenters. The quantitative estimate of drug-likeness (QED) is 0.758. The molecule has 0 radical (unpaired) electrons. The monoisotopic (exact) mass is 274 g/mol. The molecule has 0 amide bonds. The summed E-state index contributed by atoms with van der Waals surface area (Å²) < 4.78 is 0. The van der Waals surface area contributed by atoms with E-state index in [1.807, 2.05) is 30.3 Å². The Morgan fingerprint density at radius 1 is 0.684 bits per heavy atom. The zero-order valence-electron chi connectivity index (χ0n) is 10.9. The molecule has 0 aliphatic heterocycles. The van der Waals surface area contributed by atoms with E-state index in [1.165, 1.54) is 11.1 Å². The van der Waals surface area contributed by atoms with Crippen molar-refractivity contribution in [2.45, 2.75) is 13.1 Å². The van der Waals surface area contributed by atoms with E-state index < -0.39 is 0 Å². The summed E-state index contributed by atoms with van der Waals surface area (Å²) in [6.07, 6.45) is 0. The molecule has 0 saturated heterocycles. The second kappa shape index (κ2) is 7.95. The largest absolute Gasteiger partial charge is 0.311 e. The summed E-state index contributed by atoms with van der Waals surface area (Å²) in [4.78, 5) is 0. The first-order chi connectivity index (χ1) is 9.34. The van der Waals surface area contributed by atoms with Crippen LogP contribution in [0.4, 0.5) is 0 Å². The molecule has 0 atom stereocenters. The molecule has 19 heavy (non-hydrogen) atoms. The minimum Gasteiger partial charge on any atom is -0.311 e.